The summed E-state index contributed by atoms with van der Waals surface area (Å²) >= 11 is 0.869. The fraction of sp³-hybridized carbons (Fsp3) is 0.231. The Morgan fingerprint density at radius 3 is 2.95 bits per heavy atom. The summed E-state index contributed by atoms with van der Waals surface area (Å²) in [6.45, 7) is 3.66. The first-order valence-electron chi connectivity index (χ1n) is 6.10. The summed E-state index contributed by atoms with van der Waals surface area (Å²) in [7, 11) is -2.23. The molecule has 2 aromatic heterocycles. The van der Waals surface area contributed by atoms with Gasteiger partial charge in [0.15, 0.2) is 4.21 Å². The standard InChI is InChI=1S/C13H15N3O3S2/c1-3-5-11(10-6-4-7-14-9-10)16-21(17,18)13-8-12(19-2)15-20-13/h3-4,6-9,11,16H,1,5H2,2H3/t11-/m1/s1. The van der Waals surface area contributed by atoms with Crippen LogP contribution < -0.4 is 9.46 Å². The molecule has 2 heterocycles. The number of sulfonamides is 1. The average Bonchev–Trinajstić information content (AvgIpc) is 2.97. The molecule has 0 unspecified atom stereocenters. The molecule has 0 saturated carbocycles. The lowest BCUT2D eigenvalue weighted by Crippen LogP contribution is -2.28. The molecule has 0 fully saturated rings. The van der Waals surface area contributed by atoms with Crippen LogP contribution in [-0.2, 0) is 10.0 Å². The Bertz CT molecular complexity index is 698. The molecular formula is C13H15N3O3S2. The number of hydrogen-bond acceptors (Lipinski definition) is 6. The predicted octanol–water partition coefficient (Wildman–Crippen LogP) is 2.14. The Kier molecular flexibility index (Phi) is 5.05. The topological polar surface area (TPSA) is 81.2 Å². The van der Waals surface area contributed by atoms with E-state index in [2.05, 4.69) is 20.7 Å². The van der Waals surface area contributed by atoms with E-state index in [1.807, 2.05) is 6.07 Å². The van der Waals surface area contributed by atoms with Crippen molar-refractivity contribution in [3.8, 4) is 5.88 Å². The van der Waals surface area contributed by atoms with Crippen molar-refractivity contribution < 1.29 is 13.2 Å². The van der Waals surface area contributed by atoms with Gasteiger partial charge in [-0.2, -0.15) is 4.37 Å². The van der Waals surface area contributed by atoms with Crippen molar-refractivity contribution in [2.45, 2.75) is 16.7 Å². The number of nitrogens with zero attached hydrogens (tertiary/aromatic N) is 2. The van der Waals surface area contributed by atoms with Crippen LogP contribution in [0, 0.1) is 0 Å². The van der Waals surface area contributed by atoms with E-state index >= 15 is 0 Å². The Morgan fingerprint density at radius 1 is 1.57 bits per heavy atom. The molecule has 2 rings (SSSR count). The molecule has 0 spiro atoms. The van der Waals surface area contributed by atoms with Crippen molar-refractivity contribution in [2.75, 3.05) is 7.11 Å². The molecule has 2 aromatic rings. The summed E-state index contributed by atoms with van der Waals surface area (Å²) in [5, 5.41) is 0. The predicted molar refractivity (Wildman–Crippen MR) is 80.8 cm³/mol. The fourth-order valence-corrected chi connectivity index (χ4v) is 3.80. The molecule has 0 saturated heterocycles. The van der Waals surface area contributed by atoms with Gasteiger partial charge in [0.2, 0.25) is 5.88 Å². The van der Waals surface area contributed by atoms with Crippen molar-refractivity contribution >= 4 is 21.6 Å². The zero-order valence-electron chi connectivity index (χ0n) is 11.4. The van der Waals surface area contributed by atoms with Crippen molar-refractivity contribution in [2.24, 2.45) is 0 Å². The van der Waals surface area contributed by atoms with Crippen LogP contribution in [0.2, 0.25) is 0 Å². The molecule has 0 aliphatic rings. The maximum atomic E-state index is 12.4. The highest BCUT2D eigenvalue weighted by Gasteiger charge is 2.23. The molecule has 112 valence electrons. The van der Waals surface area contributed by atoms with Crippen LogP contribution in [0.25, 0.3) is 0 Å². The third-order valence-corrected chi connectivity index (χ3v) is 5.42. The number of rotatable bonds is 7. The molecule has 0 radical (unpaired) electrons. The van der Waals surface area contributed by atoms with E-state index in [4.69, 9.17) is 4.74 Å². The van der Waals surface area contributed by atoms with E-state index < -0.39 is 16.1 Å². The minimum absolute atomic E-state index is 0.109. The summed E-state index contributed by atoms with van der Waals surface area (Å²) < 4.78 is 36.3. The number of aromatic nitrogens is 2. The van der Waals surface area contributed by atoms with E-state index in [0.29, 0.717) is 6.42 Å². The minimum atomic E-state index is -3.67. The summed E-state index contributed by atoms with van der Waals surface area (Å²) in [6.07, 6.45) is 5.38. The molecule has 1 atom stereocenters. The number of methoxy groups -OCH3 is 1. The quantitative estimate of drug-likeness (QED) is 0.789. The highest BCUT2D eigenvalue weighted by Crippen LogP contribution is 2.24. The Balaban J connectivity index is 2.25. The van der Waals surface area contributed by atoms with Crippen molar-refractivity contribution in [3.05, 3.63) is 48.8 Å². The van der Waals surface area contributed by atoms with Gasteiger partial charge in [-0.15, -0.1) is 6.58 Å². The van der Waals surface area contributed by atoms with Crippen LogP contribution in [-0.4, -0.2) is 24.9 Å². The summed E-state index contributed by atoms with van der Waals surface area (Å²) in [4.78, 5) is 4.01. The molecule has 6 nitrogen and oxygen atoms in total. The fourth-order valence-electron chi connectivity index (χ4n) is 1.71. The van der Waals surface area contributed by atoms with E-state index in [-0.39, 0.29) is 10.1 Å². The number of ether oxygens (including phenoxy) is 1. The van der Waals surface area contributed by atoms with E-state index in [1.165, 1.54) is 13.2 Å². The van der Waals surface area contributed by atoms with Gasteiger partial charge in [0, 0.05) is 18.5 Å². The lowest BCUT2D eigenvalue weighted by Gasteiger charge is -2.16. The first kappa shape index (κ1) is 15.6. The molecule has 21 heavy (non-hydrogen) atoms. The van der Waals surface area contributed by atoms with Gasteiger partial charge in [0.05, 0.1) is 13.2 Å². The van der Waals surface area contributed by atoms with Crippen LogP contribution in [0.3, 0.4) is 0 Å². The normalized spacial score (nSPS) is 12.8. The molecule has 0 aromatic carbocycles. The number of nitrogens with one attached hydrogen (secondary N) is 1. The van der Waals surface area contributed by atoms with Crippen LogP contribution in [0.4, 0.5) is 0 Å². The van der Waals surface area contributed by atoms with Crippen molar-refractivity contribution in [3.63, 3.8) is 0 Å². The Morgan fingerprint density at radius 2 is 2.38 bits per heavy atom. The second-order valence-electron chi connectivity index (χ2n) is 4.17. The van der Waals surface area contributed by atoms with Gasteiger partial charge >= 0.3 is 0 Å². The molecule has 0 bridgehead atoms. The number of pyridine rings is 1. The van der Waals surface area contributed by atoms with Crippen LogP contribution in [0.5, 0.6) is 5.88 Å². The van der Waals surface area contributed by atoms with Crippen LogP contribution in [0.1, 0.15) is 18.0 Å². The summed E-state index contributed by atoms with van der Waals surface area (Å²) in [5.41, 5.74) is 0.775. The lowest BCUT2D eigenvalue weighted by atomic mass is 10.1. The first-order chi connectivity index (χ1) is 10.1. The number of hydrogen-bond donors (Lipinski definition) is 1. The van der Waals surface area contributed by atoms with Crippen molar-refractivity contribution in [1.82, 2.24) is 14.1 Å². The molecule has 1 N–H and O–H groups in total. The molecule has 0 aliphatic carbocycles. The van der Waals surface area contributed by atoms with Gasteiger partial charge in [0.25, 0.3) is 10.0 Å². The summed E-state index contributed by atoms with van der Waals surface area (Å²) in [5.74, 6) is 0.280. The average molecular weight is 325 g/mol. The second kappa shape index (κ2) is 6.79. The van der Waals surface area contributed by atoms with Crippen LogP contribution >= 0.6 is 11.5 Å². The van der Waals surface area contributed by atoms with Gasteiger partial charge in [-0.25, -0.2) is 13.1 Å². The largest absolute Gasteiger partial charge is 0.480 e. The van der Waals surface area contributed by atoms with E-state index in [0.717, 1.165) is 17.1 Å². The highest BCUT2D eigenvalue weighted by atomic mass is 32.2. The molecule has 8 heteroatoms. The first-order valence-corrected chi connectivity index (χ1v) is 8.36. The monoisotopic (exact) mass is 325 g/mol. The SMILES string of the molecule is C=CC[C@@H](NS(=O)(=O)c1cc(OC)ns1)c1cccnc1. The minimum Gasteiger partial charge on any atom is -0.480 e. The highest BCUT2D eigenvalue weighted by molar-refractivity contribution is 7.91. The molecule has 0 aliphatic heterocycles. The zero-order chi connectivity index (χ0) is 15.3. The lowest BCUT2D eigenvalue weighted by molar-refractivity contribution is 0.402. The van der Waals surface area contributed by atoms with Crippen LogP contribution in [0.15, 0.2) is 47.5 Å². The zero-order valence-corrected chi connectivity index (χ0v) is 13.0. The molecular weight excluding hydrogens is 310 g/mol. The Hall–Kier alpha value is -1.77. The third-order valence-electron chi connectivity index (χ3n) is 2.73. The van der Waals surface area contributed by atoms with Crippen molar-refractivity contribution in [1.29, 1.82) is 0 Å². The Labute approximate surface area is 127 Å². The van der Waals surface area contributed by atoms with Gasteiger partial charge in [-0.3, -0.25) is 4.98 Å². The maximum Gasteiger partial charge on any atom is 0.252 e. The van der Waals surface area contributed by atoms with E-state index in [1.54, 1.807) is 24.5 Å². The van der Waals surface area contributed by atoms with Gasteiger partial charge < -0.3 is 4.74 Å². The maximum absolute atomic E-state index is 12.4. The van der Waals surface area contributed by atoms with Gasteiger partial charge in [0.1, 0.15) is 0 Å². The summed E-state index contributed by atoms with van der Waals surface area (Å²) in [6, 6.07) is 4.54. The smallest absolute Gasteiger partial charge is 0.252 e. The van der Waals surface area contributed by atoms with Gasteiger partial charge in [-0.05, 0) is 29.6 Å². The van der Waals surface area contributed by atoms with E-state index in [9.17, 15) is 8.42 Å². The third kappa shape index (κ3) is 3.87. The van der Waals surface area contributed by atoms with Gasteiger partial charge in [-0.1, -0.05) is 12.1 Å². The molecule has 0 amide bonds. The second-order valence-corrected chi connectivity index (χ2v) is 6.92.